The fraction of sp³-hybridized carbons (Fsp3) is 0.310. The van der Waals surface area contributed by atoms with E-state index >= 15 is 0 Å². The largest absolute Gasteiger partial charge is 0.354 e. The van der Waals surface area contributed by atoms with E-state index < -0.39 is 28.5 Å². The van der Waals surface area contributed by atoms with Gasteiger partial charge < -0.3 is 10.2 Å². The molecule has 1 unspecified atom stereocenters. The number of benzene rings is 3. The predicted octanol–water partition coefficient (Wildman–Crippen LogP) is 5.23. The van der Waals surface area contributed by atoms with Crippen molar-refractivity contribution < 1.29 is 18.0 Å². The summed E-state index contributed by atoms with van der Waals surface area (Å²) in [7, 11) is -3.92. The van der Waals surface area contributed by atoms with Crippen molar-refractivity contribution in [3.63, 3.8) is 0 Å². The van der Waals surface area contributed by atoms with Gasteiger partial charge in [0.2, 0.25) is 21.8 Å². The topological polar surface area (TPSA) is 86.8 Å². The van der Waals surface area contributed by atoms with Crippen molar-refractivity contribution in [2.75, 3.05) is 23.7 Å². The van der Waals surface area contributed by atoms with E-state index in [1.165, 1.54) is 23.1 Å². The maximum atomic E-state index is 14.0. The Morgan fingerprint density at radius 2 is 1.64 bits per heavy atom. The van der Waals surface area contributed by atoms with Crippen molar-refractivity contribution in [2.24, 2.45) is 0 Å². The molecule has 208 valence electrons. The number of amides is 2. The molecule has 0 radical (unpaired) electrons. The average molecular weight is 591 g/mol. The van der Waals surface area contributed by atoms with Gasteiger partial charge >= 0.3 is 0 Å². The predicted molar refractivity (Wildman–Crippen MR) is 158 cm³/mol. The summed E-state index contributed by atoms with van der Waals surface area (Å²) in [5, 5.41) is 3.34. The van der Waals surface area contributed by atoms with E-state index in [9.17, 15) is 18.0 Å². The first-order valence-electron chi connectivity index (χ1n) is 12.6. The zero-order valence-electron chi connectivity index (χ0n) is 22.2. The molecule has 0 aromatic heterocycles. The smallest absolute Gasteiger partial charge is 0.244 e. The third-order valence-corrected chi connectivity index (χ3v) is 7.78. The van der Waals surface area contributed by atoms with Crippen LogP contribution >= 0.6 is 23.2 Å². The minimum atomic E-state index is -3.92. The fourth-order valence-corrected chi connectivity index (χ4v) is 5.63. The molecular formula is C29H33Cl2N3O4S. The Labute approximate surface area is 240 Å². The van der Waals surface area contributed by atoms with Gasteiger partial charge in [0.25, 0.3) is 0 Å². The molecule has 0 fully saturated rings. The Bertz CT molecular complexity index is 1400. The second-order valence-corrected chi connectivity index (χ2v) is 12.1. The maximum absolute atomic E-state index is 14.0. The highest BCUT2D eigenvalue weighted by molar-refractivity contribution is 7.92. The Morgan fingerprint density at radius 3 is 2.26 bits per heavy atom. The van der Waals surface area contributed by atoms with E-state index in [1.807, 2.05) is 68.4 Å². The standard InChI is InChI=1S/C29H33Cl2N3O4S/c1-4-15-32-29(36)27(17-22-10-6-5-7-11-22)33(19-23-12-8-9-21(2)16-23)28(35)20-34(39(3,37)38)26-14-13-24(30)18-25(26)31/h5-14,16,18,27H,4,15,17,19-20H2,1-3H3,(H,32,36). The Balaban J connectivity index is 2.06. The first-order valence-corrected chi connectivity index (χ1v) is 15.2. The van der Waals surface area contributed by atoms with Crippen LogP contribution in [0, 0.1) is 6.92 Å². The lowest BCUT2D eigenvalue weighted by atomic mass is 10.0. The summed E-state index contributed by atoms with van der Waals surface area (Å²) in [5.41, 5.74) is 2.82. The minimum Gasteiger partial charge on any atom is -0.354 e. The molecule has 0 aliphatic rings. The fourth-order valence-electron chi connectivity index (χ4n) is 4.21. The van der Waals surface area contributed by atoms with Crippen molar-refractivity contribution in [1.29, 1.82) is 0 Å². The molecule has 0 aliphatic heterocycles. The van der Waals surface area contributed by atoms with Crippen LogP contribution in [0.3, 0.4) is 0 Å². The van der Waals surface area contributed by atoms with Crippen LogP contribution in [-0.4, -0.2) is 50.5 Å². The highest BCUT2D eigenvalue weighted by Crippen LogP contribution is 2.30. The SMILES string of the molecule is CCCNC(=O)C(Cc1ccccc1)N(Cc1cccc(C)c1)C(=O)CN(c1ccc(Cl)cc1Cl)S(C)(=O)=O. The van der Waals surface area contributed by atoms with Gasteiger partial charge in [-0.3, -0.25) is 13.9 Å². The molecule has 0 heterocycles. The summed E-state index contributed by atoms with van der Waals surface area (Å²) in [6.07, 6.45) is 1.99. The molecule has 3 rings (SSSR count). The number of carbonyl (C=O) groups excluding carboxylic acids is 2. The quantitative estimate of drug-likeness (QED) is 0.313. The van der Waals surface area contributed by atoms with Gasteiger partial charge in [-0.1, -0.05) is 90.3 Å². The lowest BCUT2D eigenvalue weighted by molar-refractivity contribution is -0.140. The van der Waals surface area contributed by atoms with Gasteiger partial charge in [-0.15, -0.1) is 0 Å². The van der Waals surface area contributed by atoms with E-state index in [0.29, 0.717) is 11.6 Å². The van der Waals surface area contributed by atoms with Gasteiger partial charge in [-0.05, 0) is 42.7 Å². The molecule has 1 atom stereocenters. The minimum absolute atomic E-state index is 0.0903. The van der Waals surface area contributed by atoms with Crippen molar-refractivity contribution in [2.45, 2.75) is 39.3 Å². The monoisotopic (exact) mass is 589 g/mol. The van der Waals surface area contributed by atoms with Gasteiger partial charge in [-0.25, -0.2) is 8.42 Å². The molecule has 0 bridgehead atoms. The summed E-state index contributed by atoms with van der Waals surface area (Å²) < 4.78 is 26.6. The number of hydrogen-bond donors (Lipinski definition) is 1. The number of carbonyl (C=O) groups is 2. The molecule has 0 aliphatic carbocycles. The Kier molecular flexibility index (Phi) is 10.8. The van der Waals surface area contributed by atoms with Crippen LogP contribution in [0.15, 0.2) is 72.8 Å². The van der Waals surface area contributed by atoms with Crippen molar-refractivity contribution in [1.82, 2.24) is 10.2 Å². The van der Waals surface area contributed by atoms with Gasteiger partial charge in [0.1, 0.15) is 12.6 Å². The Hall–Kier alpha value is -3.07. The summed E-state index contributed by atoms with van der Waals surface area (Å²) in [6, 6.07) is 20.6. The number of nitrogens with zero attached hydrogens (tertiary/aromatic N) is 2. The molecule has 3 aromatic carbocycles. The van der Waals surface area contributed by atoms with Crippen LogP contribution in [0.4, 0.5) is 5.69 Å². The van der Waals surface area contributed by atoms with E-state index in [0.717, 1.165) is 33.7 Å². The van der Waals surface area contributed by atoms with E-state index in [-0.39, 0.29) is 29.6 Å². The molecule has 0 saturated heterocycles. The van der Waals surface area contributed by atoms with E-state index in [1.54, 1.807) is 0 Å². The highest BCUT2D eigenvalue weighted by atomic mass is 35.5. The number of rotatable bonds is 12. The number of aryl methyl sites for hydroxylation is 1. The van der Waals surface area contributed by atoms with Crippen LogP contribution < -0.4 is 9.62 Å². The molecule has 39 heavy (non-hydrogen) atoms. The molecule has 10 heteroatoms. The maximum Gasteiger partial charge on any atom is 0.244 e. The molecule has 7 nitrogen and oxygen atoms in total. The molecule has 1 N–H and O–H groups in total. The van der Waals surface area contributed by atoms with Gasteiger partial charge in [0.05, 0.1) is 17.0 Å². The number of halogens is 2. The van der Waals surface area contributed by atoms with Gasteiger partial charge in [0.15, 0.2) is 0 Å². The zero-order chi connectivity index (χ0) is 28.6. The second kappa shape index (κ2) is 13.8. The summed E-state index contributed by atoms with van der Waals surface area (Å²) >= 11 is 12.4. The summed E-state index contributed by atoms with van der Waals surface area (Å²) in [4.78, 5) is 29.0. The lowest BCUT2D eigenvalue weighted by Gasteiger charge is -2.33. The summed E-state index contributed by atoms with van der Waals surface area (Å²) in [5.74, 6) is -0.849. The number of anilines is 1. The normalized spacial score (nSPS) is 12.0. The first-order chi connectivity index (χ1) is 18.5. The molecular weight excluding hydrogens is 557 g/mol. The van der Waals surface area contributed by atoms with Crippen LogP contribution in [0.5, 0.6) is 0 Å². The average Bonchev–Trinajstić information content (AvgIpc) is 2.88. The van der Waals surface area contributed by atoms with Crippen molar-refractivity contribution in [3.05, 3.63) is 99.5 Å². The van der Waals surface area contributed by atoms with E-state index in [4.69, 9.17) is 23.2 Å². The second-order valence-electron chi connectivity index (χ2n) is 9.37. The third kappa shape index (κ3) is 8.71. The molecule has 0 spiro atoms. The molecule has 0 saturated carbocycles. The van der Waals surface area contributed by atoms with Crippen molar-refractivity contribution >= 4 is 50.7 Å². The van der Waals surface area contributed by atoms with Crippen LogP contribution in [0.1, 0.15) is 30.0 Å². The van der Waals surface area contributed by atoms with Crippen LogP contribution in [0.2, 0.25) is 10.0 Å². The lowest BCUT2D eigenvalue weighted by Crippen LogP contribution is -2.53. The molecule has 3 aromatic rings. The number of nitrogens with one attached hydrogen (secondary N) is 1. The van der Waals surface area contributed by atoms with Crippen LogP contribution in [-0.2, 0) is 32.6 Å². The third-order valence-electron chi connectivity index (χ3n) is 6.11. The first kappa shape index (κ1) is 30.5. The zero-order valence-corrected chi connectivity index (χ0v) is 24.6. The van der Waals surface area contributed by atoms with Crippen LogP contribution in [0.25, 0.3) is 0 Å². The Morgan fingerprint density at radius 1 is 0.949 bits per heavy atom. The van der Waals surface area contributed by atoms with Crippen molar-refractivity contribution in [3.8, 4) is 0 Å². The number of sulfonamides is 1. The summed E-state index contributed by atoms with van der Waals surface area (Å²) in [6.45, 7) is 3.91. The highest BCUT2D eigenvalue weighted by Gasteiger charge is 2.33. The molecule has 2 amide bonds. The van der Waals surface area contributed by atoms with Gasteiger partial charge in [0, 0.05) is 24.5 Å². The van der Waals surface area contributed by atoms with Gasteiger partial charge in [-0.2, -0.15) is 0 Å². The number of hydrogen-bond acceptors (Lipinski definition) is 4. The van der Waals surface area contributed by atoms with E-state index in [2.05, 4.69) is 5.32 Å².